The molecule has 15 heavy (non-hydrogen) atoms. The predicted octanol–water partition coefficient (Wildman–Crippen LogP) is 2.81. The molecule has 1 aliphatic carbocycles. The zero-order valence-corrected chi connectivity index (χ0v) is 9.38. The fraction of sp³-hybridized carbons (Fsp3) is 0.615. The number of aromatic nitrogens is 1. The van der Waals surface area contributed by atoms with Crippen molar-refractivity contribution in [1.82, 2.24) is 4.98 Å². The van der Waals surface area contributed by atoms with Crippen LogP contribution in [0.1, 0.15) is 43.4 Å². The summed E-state index contributed by atoms with van der Waals surface area (Å²) in [7, 11) is 0. The predicted molar refractivity (Wildman–Crippen MR) is 62.1 cm³/mol. The fourth-order valence-electron chi connectivity index (χ4n) is 2.55. The van der Waals surface area contributed by atoms with Gasteiger partial charge in [-0.1, -0.05) is 32.1 Å². The van der Waals surface area contributed by atoms with Crippen molar-refractivity contribution >= 4 is 0 Å². The lowest BCUT2D eigenvalue weighted by molar-refractivity contribution is 0.355. The Kier molecular flexibility index (Phi) is 3.24. The van der Waals surface area contributed by atoms with Crippen molar-refractivity contribution in [3.05, 3.63) is 33.7 Å². The molecule has 0 amide bonds. The van der Waals surface area contributed by atoms with Gasteiger partial charge in [-0.05, 0) is 19.3 Å². The molecule has 0 bridgehead atoms. The van der Waals surface area contributed by atoms with Crippen LogP contribution in [-0.4, -0.2) is 4.98 Å². The van der Waals surface area contributed by atoms with E-state index in [1.165, 1.54) is 32.1 Å². The Hall–Kier alpha value is -1.05. The third-order valence-electron chi connectivity index (χ3n) is 3.50. The highest BCUT2D eigenvalue weighted by Crippen LogP contribution is 2.26. The first-order chi connectivity index (χ1) is 7.27. The third kappa shape index (κ3) is 2.49. The molecule has 2 heteroatoms. The number of aromatic amines is 1. The van der Waals surface area contributed by atoms with E-state index in [2.05, 4.69) is 4.98 Å². The van der Waals surface area contributed by atoms with E-state index in [0.717, 1.165) is 23.6 Å². The maximum atomic E-state index is 11.7. The molecular weight excluding hydrogens is 186 g/mol. The van der Waals surface area contributed by atoms with Gasteiger partial charge < -0.3 is 4.98 Å². The molecule has 1 fully saturated rings. The van der Waals surface area contributed by atoms with E-state index in [0.29, 0.717) is 0 Å². The molecule has 1 heterocycles. The molecule has 0 radical (unpaired) electrons. The molecule has 0 aromatic carbocycles. The lowest BCUT2D eigenvalue weighted by Gasteiger charge is -2.21. The van der Waals surface area contributed by atoms with Gasteiger partial charge in [-0.15, -0.1) is 0 Å². The SMILES string of the molecule is Cc1[nH]ccc(=O)c1CC1CCCCC1. The Labute approximate surface area is 90.7 Å². The summed E-state index contributed by atoms with van der Waals surface area (Å²) in [5.41, 5.74) is 2.26. The summed E-state index contributed by atoms with van der Waals surface area (Å²) in [6, 6.07) is 1.64. The highest BCUT2D eigenvalue weighted by atomic mass is 16.1. The zero-order chi connectivity index (χ0) is 10.7. The summed E-state index contributed by atoms with van der Waals surface area (Å²) in [5.74, 6) is 0.737. The van der Waals surface area contributed by atoms with Crippen LogP contribution in [0.4, 0.5) is 0 Å². The van der Waals surface area contributed by atoms with Crippen molar-refractivity contribution < 1.29 is 0 Å². The number of rotatable bonds is 2. The van der Waals surface area contributed by atoms with Crippen LogP contribution in [-0.2, 0) is 6.42 Å². The van der Waals surface area contributed by atoms with E-state index in [4.69, 9.17) is 0 Å². The summed E-state index contributed by atoms with van der Waals surface area (Å²) >= 11 is 0. The van der Waals surface area contributed by atoms with Crippen molar-refractivity contribution in [2.75, 3.05) is 0 Å². The van der Waals surface area contributed by atoms with Crippen molar-refractivity contribution in [2.45, 2.75) is 45.4 Å². The normalized spacial score (nSPS) is 17.9. The average molecular weight is 205 g/mol. The van der Waals surface area contributed by atoms with Gasteiger partial charge in [-0.25, -0.2) is 0 Å². The maximum Gasteiger partial charge on any atom is 0.184 e. The van der Waals surface area contributed by atoms with Gasteiger partial charge in [0.05, 0.1) is 0 Å². The van der Waals surface area contributed by atoms with Crippen molar-refractivity contribution in [3.8, 4) is 0 Å². The first-order valence-electron chi connectivity index (χ1n) is 5.94. The molecule has 2 rings (SSSR count). The minimum absolute atomic E-state index is 0.205. The number of H-pyrrole nitrogens is 1. The lowest BCUT2D eigenvalue weighted by atomic mass is 9.84. The summed E-state index contributed by atoms with van der Waals surface area (Å²) in [5, 5.41) is 0. The highest BCUT2D eigenvalue weighted by Gasteiger charge is 2.16. The van der Waals surface area contributed by atoms with Crippen molar-refractivity contribution in [2.24, 2.45) is 5.92 Å². The van der Waals surface area contributed by atoms with Crippen LogP contribution in [0, 0.1) is 12.8 Å². The second-order valence-electron chi connectivity index (χ2n) is 4.65. The molecule has 2 nitrogen and oxygen atoms in total. The van der Waals surface area contributed by atoms with E-state index in [1.807, 2.05) is 6.92 Å². The van der Waals surface area contributed by atoms with Crippen LogP contribution in [0.2, 0.25) is 0 Å². The lowest BCUT2D eigenvalue weighted by Crippen LogP contribution is -2.17. The molecule has 0 aliphatic heterocycles. The summed E-state index contributed by atoms with van der Waals surface area (Å²) in [6.07, 6.45) is 9.37. The van der Waals surface area contributed by atoms with Gasteiger partial charge in [-0.2, -0.15) is 0 Å². The Bertz CT molecular complexity index is 374. The van der Waals surface area contributed by atoms with Gasteiger partial charge in [0.25, 0.3) is 0 Å². The van der Waals surface area contributed by atoms with Gasteiger partial charge in [0, 0.05) is 23.5 Å². The van der Waals surface area contributed by atoms with Gasteiger partial charge >= 0.3 is 0 Å². The van der Waals surface area contributed by atoms with Crippen LogP contribution in [0.3, 0.4) is 0 Å². The van der Waals surface area contributed by atoms with Gasteiger partial charge in [0.15, 0.2) is 5.43 Å². The molecule has 1 saturated carbocycles. The van der Waals surface area contributed by atoms with E-state index in [9.17, 15) is 4.79 Å². The minimum atomic E-state index is 0.205. The van der Waals surface area contributed by atoms with E-state index in [-0.39, 0.29) is 5.43 Å². The molecule has 1 aliphatic rings. The van der Waals surface area contributed by atoms with Crippen LogP contribution in [0.5, 0.6) is 0 Å². The summed E-state index contributed by atoms with van der Waals surface area (Å²) in [4.78, 5) is 14.8. The van der Waals surface area contributed by atoms with Gasteiger partial charge in [0.1, 0.15) is 0 Å². The number of hydrogen-bond donors (Lipinski definition) is 1. The Morgan fingerprint density at radius 2 is 2.07 bits per heavy atom. The number of pyridine rings is 1. The number of aryl methyl sites for hydroxylation is 1. The first-order valence-corrected chi connectivity index (χ1v) is 5.94. The molecule has 1 aromatic rings. The van der Waals surface area contributed by atoms with Crippen LogP contribution in [0.25, 0.3) is 0 Å². The molecule has 0 atom stereocenters. The van der Waals surface area contributed by atoms with Crippen LogP contribution >= 0.6 is 0 Å². The first kappa shape index (κ1) is 10.5. The third-order valence-corrected chi connectivity index (χ3v) is 3.50. The van der Waals surface area contributed by atoms with Crippen LogP contribution in [0.15, 0.2) is 17.1 Å². The van der Waals surface area contributed by atoms with Crippen molar-refractivity contribution in [3.63, 3.8) is 0 Å². The quantitative estimate of drug-likeness (QED) is 0.791. The molecule has 0 unspecified atom stereocenters. The smallest absolute Gasteiger partial charge is 0.184 e. The second kappa shape index (κ2) is 4.65. The molecule has 0 spiro atoms. The Morgan fingerprint density at radius 1 is 1.33 bits per heavy atom. The number of nitrogens with one attached hydrogen (secondary N) is 1. The Morgan fingerprint density at radius 3 is 2.73 bits per heavy atom. The fourth-order valence-corrected chi connectivity index (χ4v) is 2.55. The topological polar surface area (TPSA) is 32.9 Å². The maximum absolute atomic E-state index is 11.7. The van der Waals surface area contributed by atoms with Crippen molar-refractivity contribution in [1.29, 1.82) is 0 Å². The second-order valence-corrected chi connectivity index (χ2v) is 4.65. The molecule has 1 aromatic heterocycles. The summed E-state index contributed by atoms with van der Waals surface area (Å²) in [6.45, 7) is 2.00. The zero-order valence-electron chi connectivity index (χ0n) is 9.38. The van der Waals surface area contributed by atoms with Crippen LogP contribution < -0.4 is 5.43 Å². The molecule has 0 saturated heterocycles. The largest absolute Gasteiger partial charge is 0.365 e. The minimum Gasteiger partial charge on any atom is -0.365 e. The van der Waals surface area contributed by atoms with E-state index in [1.54, 1.807) is 12.3 Å². The van der Waals surface area contributed by atoms with E-state index < -0.39 is 0 Å². The van der Waals surface area contributed by atoms with E-state index >= 15 is 0 Å². The summed E-state index contributed by atoms with van der Waals surface area (Å²) < 4.78 is 0. The molecule has 82 valence electrons. The van der Waals surface area contributed by atoms with Gasteiger partial charge in [-0.3, -0.25) is 4.79 Å². The highest BCUT2D eigenvalue weighted by molar-refractivity contribution is 5.19. The molecular formula is C13H19NO. The van der Waals surface area contributed by atoms with Gasteiger partial charge in [0.2, 0.25) is 0 Å². The monoisotopic (exact) mass is 205 g/mol. The molecule has 1 N–H and O–H groups in total. The Balaban J connectivity index is 2.12. The average Bonchev–Trinajstić information content (AvgIpc) is 2.25. The standard InChI is InChI=1S/C13H19NO/c1-10-12(13(15)7-8-14-10)9-11-5-3-2-4-6-11/h7-8,11H,2-6,9H2,1H3,(H,14,15). The number of hydrogen-bond acceptors (Lipinski definition) is 1.